The zero-order valence-electron chi connectivity index (χ0n) is 8.40. The molecular formula is C9H16Cl2N2S. The molecule has 1 aromatic heterocycles. The number of thiazole rings is 1. The van der Waals surface area contributed by atoms with Crippen LogP contribution >= 0.6 is 36.2 Å². The van der Waals surface area contributed by atoms with Crippen LogP contribution < -0.4 is 0 Å². The van der Waals surface area contributed by atoms with E-state index in [9.17, 15) is 0 Å². The molecule has 1 heterocycles. The lowest BCUT2D eigenvalue weighted by Gasteiger charge is -2.05. The second-order valence-electron chi connectivity index (χ2n) is 3.69. The van der Waals surface area contributed by atoms with Crippen molar-refractivity contribution in [1.82, 2.24) is 9.88 Å². The molecule has 0 unspecified atom stereocenters. The predicted octanol–water partition coefficient (Wildman–Crippen LogP) is 2.93. The van der Waals surface area contributed by atoms with Gasteiger partial charge in [0.25, 0.3) is 0 Å². The van der Waals surface area contributed by atoms with Crippen LogP contribution in [0, 0.1) is 0 Å². The zero-order valence-corrected chi connectivity index (χ0v) is 10.8. The molecule has 2 rings (SSSR count). The number of halogens is 2. The number of hydrogen-bond acceptors (Lipinski definition) is 3. The Morgan fingerprint density at radius 1 is 1.43 bits per heavy atom. The molecule has 0 bridgehead atoms. The Bertz CT molecular complexity index is 272. The first-order chi connectivity index (χ1) is 5.75. The molecule has 14 heavy (non-hydrogen) atoms. The van der Waals surface area contributed by atoms with Crippen LogP contribution in [0.25, 0.3) is 0 Å². The van der Waals surface area contributed by atoms with Gasteiger partial charge in [-0.25, -0.2) is 4.98 Å². The van der Waals surface area contributed by atoms with Crippen molar-refractivity contribution in [3.63, 3.8) is 0 Å². The van der Waals surface area contributed by atoms with Crippen LogP contribution in [0.1, 0.15) is 29.5 Å². The first-order valence-corrected chi connectivity index (χ1v) is 5.22. The van der Waals surface area contributed by atoms with E-state index in [1.54, 1.807) is 0 Å². The van der Waals surface area contributed by atoms with Crippen LogP contribution in [0.2, 0.25) is 0 Å². The summed E-state index contributed by atoms with van der Waals surface area (Å²) >= 11 is 1.82. The molecule has 0 saturated heterocycles. The topological polar surface area (TPSA) is 16.1 Å². The third-order valence-electron chi connectivity index (χ3n) is 1.97. The van der Waals surface area contributed by atoms with E-state index in [-0.39, 0.29) is 24.8 Å². The van der Waals surface area contributed by atoms with Gasteiger partial charge in [0.2, 0.25) is 0 Å². The van der Waals surface area contributed by atoms with Crippen LogP contribution in [0.15, 0.2) is 5.38 Å². The highest BCUT2D eigenvalue weighted by molar-refractivity contribution is 7.09. The van der Waals surface area contributed by atoms with Gasteiger partial charge < -0.3 is 4.90 Å². The SMILES string of the molecule is CN(C)Cc1csc(C2CC2)n1.Cl.Cl. The van der Waals surface area contributed by atoms with Gasteiger partial charge in [-0.1, -0.05) is 0 Å². The average molecular weight is 255 g/mol. The minimum Gasteiger partial charge on any atom is -0.304 e. The highest BCUT2D eigenvalue weighted by Gasteiger charge is 2.26. The molecule has 0 amide bonds. The summed E-state index contributed by atoms with van der Waals surface area (Å²) in [5.74, 6) is 0.811. The van der Waals surface area contributed by atoms with Crippen molar-refractivity contribution >= 4 is 36.2 Å². The molecular weight excluding hydrogens is 239 g/mol. The molecule has 0 aromatic carbocycles. The summed E-state index contributed by atoms with van der Waals surface area (Å²) in [5, 5.41) is 3.54. The van der Waals surface area contributed by atoms with Gasteiger partial charge in [0, 0.05) is 17.8 Å². The largest absolute Gasteiger partial charge is 0.304 e. The lowest BCUT2D eigenvalue weighted by Crippen LogP contribution is -2.10. The Kier molecular flexibility index (Phi) is 5.98. The third kappa shape index (κ3) is 3.73. The monoisotopic (exact) mass is 254 g/mol. The molecule has 5 heteroatoms. The van der Waals surface area contributed by atoms with Gasteiger partial charge in [0.05, 0.1) is 10.7 Å². The summed E-state index contributed by atoms with van der Waals surface area (Å²) in [5.41, 5.74) is 1.23. The number of aromatic nitrogens is 1. The normalized spacial score (nSPS) is 14.8. The van der Waals surface area contributed by atoms with Crippen molar-refractivity contribution in [3.8, 4) is 0 Å². The Morgan fingerprint density at radius 2 is 2.07 bits per heavy atom. The van der Waals surface area contributed by atoms with Crippen molar-refractivity contribution in [2.45, 2.75) is 25.3 Å². The van der Waals surface area contributed by atoms with E-state index in [0.717, 1.165) is 12.5 Å². The Labute approximate surface area is 102 Å². The van der Waals surface area contributed by atoms with Crippen molar-refractivity contribution in [1.29, 1.82) is 0 Å². The molecule has 1 saturated carbocycles. The first kappa shape index (κ1) is 14.2. The second kappa shape index (κ2) is 5.91. The van der Waals surface area contributed by atoms with Crippen molar-refractivity contribution < 1.29 is 0 Å². The second-order valence-corrected chi connectivity index (χ2v) is 4.58. The summed E-state index contributed by atoms with van der Waals surface area (Å²) in [6.45, 7) is 0.975. The Morgan fingerprint density at radius 3 is 2.57 bits per heavy atom. The molecule has 0 aliphatic heterocycles. The summed E-state index contributed by atoms with van der Waals surface area (Å²) in [7, 11) is 4.16. The van der Waals surface area contributed by atoms with Gasteiger partial charge in [-0.3, -0.25) is 0 Å². The molecule has 2 nitrogen and oxygen atoms in total. The van der Waals surface area contributed by atoms with E-state index in [4.69, 9.17) is 0 Å². The van der Waals surface area contributed by atoms with Gasteiger partial charge in [0.1, 0.15) is 0 Å². The number of nitrogens with zero attached hydrogens (tertiary/aromatic N) is 2. The molecule has 0 radical (unpaired) electrons. The van der Waals surface area contributed by atoms with E-state index >= 15 is 0 Å². The lowest BCUT2D eigenvalue weighted by molar-refractivity contribution is 0.397. The minimum atomic E-state index is 0. The standard InChI is InChI=1S/C9H14N2S.2ClH/c1-11(2)5-8-6-12-9(10-8)7-3-4-7;;/h6-7H,3-5H2,1-2H3;2*1H. The summed E-state index contributed by atoms with van der Waals surface area (Å²) in [6, 6.07) is 0. The van der Waals surface area contributed by atoms with E-state index in [0.29, 0.717) is 0 Å². The molecule has 0 atom stereocenters. The van der Waals surface area contributed by atoms with Gasteiger partial charge in [0.15, 0.2) is 0 Å². The maximum absolute atomic E-state index is 4.59. The van der Waals surface area contributed by atoms with E-state index in [1.807, 2.05) is 11.3 Å². The van der Waals surface area contributed by atoms with E-state index < -0.39 is 0 Å². The summed E-state index contributed by atoms with van der Waals surface area (Å²) < 4.78 is 0. The fraction of sp³-hybridized carbons (Fsp3) is 0.667. The van der Waals surface area contributed by atoms with Crippen LogP contribution in [0.3, 0.4) is 0 Å². The van der Waals surface area contributed by atoms with Crippen LogP contribution in [0.5, 0.6) is 0 Å². The third-order valence-corrected chi connectivity index (χ3v) is 3.03. The molecule has 1 aliphatic rings. The smallest absolute Gasteiger partial charge is 0.0959 e. The Balaban J connectivity index is 0.000000845. The van der Waals surface area contributed by atoms with Gasteiger partial charge >= 0.3 is 0 Å². The average Bonchev–Trinajstić information content (AvgIpc) is 2.73. The van der Waals surface area contributed by atoms with Crippen LogP contribution in [0.4, 0.5) is 0 Å². The van der Waals surface area contributed by atoms with Crippen molar-refractivity contribution in [3.05, 3.63) is 16.1 Å². The minimum absolute atomic E-state index is 0. The Hall–Kier alpha value is 0.170. The van der Waals surface area contributed by atoms with Crippen LogP contribution in [-0.4, -0.2) is 24.0 Å². The first-order valence-electron chi connectivity index (χ1n) is 4.35. The molecule has 0 N–H and O–H groups in total. The quantitative estimate of drug-likeness (QED) is 0.825. The van der Waals surface area contributed by atoms with Crippen molar-refractivity contribution in [2.75, 3.05) is 14.1 Å². The number of hydrogen-bond donors (Lipinski definition) is 0. The fourth-order valence-electron chi connectivity index (χ4n) is 1.24. The van der Waals surface area contributed by atoms with Gasteiger partial charge in [-0.05, 0) is 26.9 Å². The molecule has 1 aliphatic carbocycles. The van der Waals surface area contributed by atoms with E-state index in [2.05, 4.69) is 29.4 Å². The maximum Gasteiger partial charge on any atom is 0.0959 e. The molecule has 1 fully saturated rings. The summed E-state index contributed by atoms with van der Waals surface area (Å²) in [4.78, 5) is 6.75. The van der Waals surface area contributed by atoms with Gasteiger partial charge in [-0.2, -0.15) is 0 Å². The molecule has 0 spiro atoms. The zero-order chi connectivity index (χ0) is 8.55. The highest BCUT2D eigenvalue weighted by atomic mass is 35.5. The predicted molar refractivity (Wildman–Crippen MR) is 66.0 cm³/mol. The van der Waals surface area contributed by atoms with Gasteiger partial charge in [-0.15, -0.1) is 36.2 Å². The fourth-order valence-corrected chi connectivity index (χ4v) is 2.22. The van der Waals surface area contributed by atoms with E-state index in [1.165, 1.54) is 23.5 Å². The maximum atomic E-state index is 4.59. The highest BCUT2D eigenvalue weighted by Crippen LogP contribution is 2.41. The molecule has 82 valence electrons. The molecule has 1 aromatic rings. The van der Waals surface area contributed by atoms with Crippen LogP contribution in [-0.2, 0) is 6.54 Å². The number of rotatable bonds is 3. The summed E-state index contributed by atoms with van der Waals surface area (Å²) in [6.07, 6.45) is 2.71. The lowest BCUT2D eigenvalue weighted by atomic mass is 10.4. The van der Waals surface area contributed by atoms with Crippen molar-refractivity contribution in [2.24, 2.45) is 0 Å².